The predicted octanol–water partition coefficient (Wildman–Crippen LogP) is 2.35. The lowest BCUT2D eigenvalue weighted by Crippen LogP contribution is -2.45. The van der Waals surface area contributed by atoms with Crippen molar-refractivity contribution >= 4 is 23.0 Å². The van der Waals surface area contributed by atoms with E-state index in [2.05, 4.69) is 10.7 Å². The van der Waals surface area contributed by atoms with E-state index in [-0.39, 0.29) is 0 Å². The third kappa shape index (κ3) is 1.77. The summed E-state index contributed by atoms with van der Waals surface area (Å²) in [6.07, 6.45) is 1.65. The van der Waals surface area contributed by atoms with Crippen LogP contribution < -0.4 is 15.8 Å². The molecule has 0 radical (unpaired) electrons. The van der Waals surface area contributed by atoms with Crippen molar-refractivity contribution in [1.29, 1.82) is 0 Å². The van der Waals surface area contributed by atoms with Crippen molar-refractivity contribution in [1.82, 2.24) is 10.7 Å². The van der Waals surface area contributed by atoms with Gasteiger partial charge in [-0.1, -0.05) is 18.2 Å². The van der Waals surface area contributed by atoms with Gasteiger partial charge >= 0.3 is 0 Å². The molecule has 1 aliphatic heterocycles. The topological polar surface area (TPSA) is 40.4 Å². The van der Waals surface area contributed by atoms with Crippen molar-refractivity contribution in [2.24, 2.45) is 0 Å². The second-order valence-electron chi connectivity index (χ2n) is 4.32. The quantitative estimate of drug-likeness (QED) is 0.810. The highest BCUT2D eigenvalue weighted by Gasteiger charge is 2.40. The summed E-state index contributed by atoms with van der Waals surface area (Å²) in [7, 11) is 0. The number of hydrazine groups is 1. The van der Waals surface area contributed by atoms with E-state index in [4.69, 9.17) is 16.6 Å². The lowest BCUT2D eigenvalue weighted by atomic mass is 10.1. The molecule has 1 atom stereocenters. The molecule has 0 saturated carbocycles. The van der Waals surface area contributed by atoms with Crippen LogP contribution >= 0.6 is 12.2 Å². The maximum atomic E-state index is 5.44. The first kappa shape index (κ1) is 11.3. The van der Waals surface area contributed by atoms with Gasteiger partial charge in [-0.05, 0) is 43.4 Å². The minimum absolute atomic E-state index is 0.517. The van der Waals surface area contributed by atoms with Crippen LogP contribution in [0.3, 0.4) is 0 Å². The minimum atomic E-state index is -0.517. The van der Waals surface area contributed by atoms with E-state index in [9.17, 15) is 0 Å². The maximum Gasteiger partial charge on any atom is 0.190 e. The van der Waals surface area contributed by atoms with E-state index in [1.54, 1.807) is 6.26 Å². The zero-order valence-electron chi connectivity index (χ0n) is 9.88. The number of furan rings is 1. The molecule has 1 fully saturated rings. The van der Waals surface area contributed by atoms with Crippen molar-refractivity contribution in [3.8, 4) is 0 Å². The Morgan fingerprint density at radius 1 is 1.17 bits per heavy atom. The molecule has 4 nitrogen and oxygen atoms in total. The van der Waals surface area contributed by atoms with Gasteiger partial charge in [0.05, 0.1) is 12.0 Å². The largest absolute Gasteiger partial charge is 0.465 e. The summed E-state index contributed by atoms with van der Waals surface area (Å²) in [5, 5.41) is 5.70. The molecule has 2 aromatic rings. The van der Waals surface area contributed by atoms with E-state index in [0.29, 0.717) is 5.11 Å². The van der Waals surface area contributed by atoms with Gasteiger partial charge in [-0.2, -0.15) is 5.43 Å². The number of hydrogen-bond acceptors (Lipinski definition) is 3. The Hall–Kier alpha value is -1.85. The molecule has 1 aromatic heterocycles. The van der Waals surface area contributed by atoms with E-state index in [1.165, 1.54) is 0 Å². The number of benzene rings is 1. The number of nitrogens with one attached hydrogen (secondary N) is 2. The van der Waals surface area contributed by atoms with Gasteiger partial charge in [-0.25, -0.2) is 5.01 Å². The van der Waals surface area contributed by atoms with Crippen LogP contribution in [0.5, 0.6) is 0 Å². The van der Waals surface area contributed by atoms with Gasteiger partial charge in [-0.15, -0.1) is 0 Å². The highest BCUT2D eigenvalue weighted by atomic mass is 32.1. The zero-order valence-corrected chi connectivity index (χ0v) is 10.7. The monoisotopic (exact) mass is 259 g/mol. The molecule has 1 saturated heterocycles. The summed E-state index contributed by atoms with van der Waals surface area (Å²) < 4.78 is 5.44. The van der Waals surface area contributed by atoms with Crippen LogP contribution in [0.1, 0.15) is 12.7 Å². The van der Waals surface area contributed by atoms with Crippen LogP contribution in [-0.2, 0) is 5.66 Å². The fourth-order valence-corrected chi connectivity index (χ4v) is 2.37. The molecule has 0 unspecified atom stereocenters. The van der Waals surface area contributed by atoms with Gasteiger partial charge in [0.1, 0.15) is 5.76 Å². The number of hydrogen-bond donors (Lipinski definition) is 2. The Kier molecular flexibility index (Phi) is 2.57. The van der Waals surface area contributed by atoms with Crippen LogP contribution in [-0.4, -0.2) is 5.11 Å². The fraction of sp³-hybridized carbons (Fsp3) is 0.154. The van der Waals surface area contributed by atoms with E-state index in [0.717, 1.165) is 11.4 Å². The van der Waals surface area contributed by atoms with Gasteiger partial charge < -0.3 is 9.73 Å². The second-order valence-corrected chi connectivity index (χ2v) is 4.70. The van der Waals surface area contributed by atoms with Crippen molar-refractivity contribution in [2.75, 3.05) is 5.01 Å². The van der Waals surface area contributed by atoms with Gasteiger partial charge in [-0.3, -0.25) is 0 Å². The molecule has 0 amide bonds. The van der Waals surface area contributed by atoms with E-state index in [1.807, 2.05) is 54.4 Å². The van der Waals surface area contributed by atoms with Gasteiger partial charge in [0.15, 0.2) is 10.8 Å². The Morgan fingerprint density at radius 2 is 1.94 bits per heavy atom. The van der Waals surface area contributed by atoms with E-state index < -0.39 is 5.66 Å². The van der Waals surface area contributed by atoms with Crippen LogP contribution in [0.15, 0.2) is 53.1 Å². The molecular weight excluding hydrogens is 246 g/mol. The molecular formula is C13H13N3OS. The number of para-hydroxylation sites is 1. The van der Waals surface area contributed by atoms with Gasteiger partial charge in [0.25, 0.3) is 0 Å². The van der Waals surface area contributed by atoms with Crippen LogP contribution in [0, 0.1) is 0 Å². The number of rotatable bonds is 2. The first-order valence-corrected chi connectivity index (χ1v) is 6.09. The summed E-state index contributed by atoms with van der Waals surface area (Å²) in [5.74, 6) is 0.795. The number of nitrogens with zero attached hydrogens (tertiary/aromatic N) is 1. The SMILES string of the molecule is C[C@]1(c2ccco2)NC(=S)N(c2ccccc2)N1. The molecule has 0 spiro atoms. The summed E-state index contributed by atoms with van der Waals surface area (Å²) in [4.78, 5) is 0. The molecule has 2 N–H and O–H groups in total. The lowest BCUT2D eigenvalue weighted by Gasteiger charge is -2.23. The van der Waals surface area contributed by atoms with Crippen molar-refractivity contribution in [2.45, 2.75) is 12.6 Å². The summed E-state index contributed by atoms with van der Waals surface area (Å²) >= 11 is 5.36. The average Bonchev–Trinajstić information content (AvgIpc) is 2.99. The van der Waals surface area contributed by atoms with Crippen LogP contribution in [0.2, 0.25) is 0 Å². The Bertz CT molecular complexity index is 555. The molecule has 0 aliphatic carbocycles. The molecule has 2 heterocycles. The third-order valence-electron chi connectivity index (χ3n) is 2.92. The zero-order chi connectivity index (χ0) is 12.6. The molecule has 0 bridgehead atoms. The van der Waals surface area contributed by atoms with Gasteiger partial charge in [0, 0.05) is 0 Å². The highest BCUT2D eigenvalue weighted by molar-refractivity contribution is 7.80. The fourth-order valence-electron chi connectivity index (χ4n) is 2.01. The smallest absolute Gasteiger partial charge is 0.190 e. The Labute approximate surface area is 111 Å². The van der Waals surface area contributed by atoms with Crippen LogP contribution in [0.4, 0.5) is 5.69 Å². The van der Waals surface area contributed by atoms with Crippen molar-refractivity contribution in [3.63, 3.8) is 0 Å². The van der Waals surface area contributed by atoms with Crippen molar-refractivity contribution in [3.05, 3.63) is 54.5 Å². The standard InChI is InChI=1S/C13H13N3OS/c1-13(11-8-5-9-17-11)14-12(18)16(15-13)10-6-3-2-4-7-10/h2-9,15H,1H3,(H,14,18)/t13-/m0/s1. The highest BCUT2D eigenvalue weighted by Crippen LogP contribution is 2.26. The summed E-state index contributed by atoms with van der Waals surface area (Å²) in [6, 6.07) is 13.7. The Balaban J connectivity index is 1.91. The Morgan fingerprint density at radius 3 is 2.61 bits per heavy atom. The predicted molar refractivity (Wildman–Crippen MR) is 73.9 cm³/mol. The lowest BCUT2D eigenvalue weighted by molar-refractivity contribution is 0.306. The molecule has 1 aromatic carbocycles. The van der Waals surface area contributed by atoms with Gasteiger partial charge in [0.2, 0.25) is 0 Å². The maximum absolute atomic E-state index is 5.44. The van der Waals surface area contributed by atoms with Crippen LogP contribution in [0.25, 0.3) is 0 Å². The second kappa shape index (κ2) is 4.12. The number of anilines is 1. The first-order chi connectivity index (χ1) is 8.69. The molecule has 3 rings (SSSR count). The van der Waals surface area contributed by atoms with E-state index >= 15 is 0 Å². The summed E-state index contributed by atoms with van der Waals surface area (Å²) in [5.41, 5.74) is 3.80. The number of thiocarbonyl (C=S) groups is 1. The molecule has 92 valence electrons. The third-order valence-corrected chi connectivity index (χ3v) is 3.21. The summed E-state index contributed by atoms with van der Waals surface area (Å²) in [6.45, 7) is 1.99. The normalized spacial score (nSPS) is 23.2. The molecule has 5 heteroatoms. The molecule has 1 aliphatic rings. The molecule has 18 heavy (non-hydrogen) atoms. The average molecular weight is 259 g/mol. The first-order valence-electron chi connectivity index (χ1n) is 5.68. The minimum Gasteiger partial charge on any atom is -0.465 e. The van der Waals surface area contributed by atoms with Crippen molar-refractivity contribution < 1.29 is 4.42 Å².